The molecule has 1 unspecified atom stereocenters. The van der Waals surface area contributed by atoms with Crippen LogP contribution in [-0.2, 0) is 6.42 Å². The lowest BCUT2D eigenvalue weighted by molar-refractivity contribution is 0.320. The van der Waals surface area contributed by atoms with Gasteiger partial charge in [0.15, 0.2) is 11.5 Å². The molecule has 2 N–H and O–H groups in total. The fourth-order valence-electron chi connectivity index (χ4n) is 2.27. The molecule has 0 saturated heterocycles. The van der Waals surface area contributed by atoms with Crippen molar-refractivity contribution in [2.75, 3.05) is 21.3 Å². The van der Waals surface area contributed by atoms with E-state index in [-0.39, 0.29) is 0 Å². The molecule has 1 aromatic heterocycles. The summed E-state index contributed by atoms with van der Waals surface area (Å²) in [5.74, 6) is 3.27. The zero-order valence-corrected chi connectivity index (χ0v) is 12.8. The zero-order chi connectivity index (χ0) is 15.4. The highest BCUT2D eigenvalue weighted by Gasteiger charge is 2.22. The molecule has 5 heteroatoms. The Morgan fingerprint density at radius 2 is 1.71 bits per heavy atom. The van der Waals surface area contributed by atoms with E-state index in [2.05, 4.69) is 0 Å². The van der Waals surface area contributed by atoms with Crippen LogP contribution in [-0.4, -0.2) is 21.3 Å². The number of hydrogen-bond donors (Lipinski definition) is 1. The maximum absolute atomic E-state index is 6.31. The van der Waals surface area contributed by atoms with Gasteiger partial charge in [-0.15, -0.1) is 0 Å². The standard InChI is InChI=1S/C16H21NO4/c1-5-10-6-8-12(21-10)14(17)11-7-9-13(18-2)16(20-4)15(11)19-3/h6-9,14H,5,17H2,1-4H3. The van der Waals surface area contributed by atoms with E-state index in [1.807, 2.05) is 25.1 Å². The Hall–Kier alpha value is -2.14. The molecule has 5 nitrogen and oxygen atoms in total. The molecule has 2 rings (SSSR count). The third-order valence-corrected chi connectivity index (χ3v) is 3.41. The smallest absolute Gasteiger partial charge is 0.203 e. The third kappa shape index (κ3) is 2.83. The van der Waals surface area contributed by atoms with Crippen LogP contribution in [0.25, 0.3) is 0 Å². The topological polar surface area (TPSA) is 66.9 Å². The lowest BCUT2D eigenvalue weighted by Gasteiger charge is -2.18. The number of hydrogen-bond acceptors (Lipinski definition) is 5. The van der Waals surface area contributed by atoms with Crippen LogP contribution in [0.4, 0.5) is 0 Å². The minimum Gasteiger partial charge on any atom is -0.493 e. The van der Waals surface area contributed by atoms with Gasteiger partial charge in [-0.05, 0) is 24.3 Å². The zero-order valence-electron chi connectivity index (χ0n) is 12.8. The minimum absolute atomic E-state index is 0.431. The summed E-state index contributed by atoms with van der Waals surface area (Å²) in [4.78, 5) is 0. The van der Waals surface area contributed by atoms with Crippen molar-refractivity contribution in [2.24, 2.45) is 5.73 Å². The average Bonchev–Trinajstić information content (AvgIpc) is 3.01. The van der Waals surface area contributed by atoms with Gasteiger partial charge in [-0.2, -0.15) is 0 Å². The first kappa shape index (κ1) is 15.3. The number of methoxy groups -OCH3 is 3. The van der Waals surface area contributed by atoms with Crippen molar-refractivity contribution in [1.29, 1.82) is 0 Å². The van der Waals surface area contributed by atoms with E-state index in [1.165, 1.54) is 0 Å². The Bertz CT molecular complexity index is 606. The molecular weight excluding hydrogens is 270 g/mol. The minimum atomic E-state index is -0.431. The molecule has 2 aromatic rings. The molecule has 0 spiro atoms. The summed E-state index contributed by atoms with van der Waals surface area (Å²) >= 11 is 0. The van der Waals surface area contributed by atoms with Gasteiger partial charge in [-0.3, -0.25) is 0 Å². The van der Waals surface area contributed by atoms with E-state index < -0.39 is 6.04 Å². The molecular formula is C16H21NO4. The van der Waals surface area contributed by atoms with Crippen molar-refractivity contribution in [3.8, 4) is 17.2 Å². The van der Waals surface area contributed by atoms with Gasteiger partial charge >= 0.3 is 0 Å². The van der Waals surface area contributed by atoms with Gasteiger partial charge in [0.1, 0.15) is 11.5 Å². The summed E-state index contributed by atoms with van der Waals surface area (Å²) in [5, 5.41) is 0. The van der Waals surface area contributed by atoms with Gasteiger partial charge < -0.3 is 24.4 Å². The Morgan fingerprint density at radius 3 is 2.24 bits per heavy atom. The number of furan rings is 1. The molecule has 0 fully saturated rings. The van der Waals surface area contributed by atoms with E-state index >= 15 is 0 Å². The van der Waals surface area contributed by atoms with Crippen molar-refractivity contribution in [2.45, 2.75) is 19.4 Å². The molecule has 0 bridgehead atoms. The molecule has 0 amide bonds. The van der Waals surface area contributed by atoms with Crippen LogP contribution in [0, 0.1) is 0 Å². The highest BCUT2D eigenvalue weighted by atomic mass is 16.5. The van der Waals surface area contributed by atoms with Crippen LogP contribution in [0.3, 0.4) is 0 Å². The number of nitrogens with two attached hydrogens (primary N) is 1. The summed E-state index contributed by atoms with van der Waals surface area (Å²) in [6, 6.07) is 7.06. The SMILES string of the molecule is CCc1ccc(C(N)c2ccc(OC)c(OC)c2OC)o1. The number of aryl methyl sites for hydroxylation is 1. The number of rotatable bonds is 6. The van der Waals surface area contributed by atoms with Crippen LogP contribution < -0.4 is 19.9 Å². The predicted molar refractivity (Wildman–Crippen MR) is 80.2 cm³/mol. The highest BCUT2D eigenvalue weighted by Crippen LogP contribution is 2.42. The molecule has 1 aromatic carbocycles. The fraction of sp³-hybridized carbons (Fsp3) is 0.375. The van der Waals surface area contributed by atoms with Crippen LogP contribution in [0.15, 0.2) is 28.7 Å². The van der Waals surface area contributed by atoms with Gasteiger partial charge in [-0.25, -0.2) is 0 Å². The number of benzene rings is 1. The second kappa shape index (κ2) is 6.54. The van der Waals surface area contributed by atoms with E-state index in [9.17, 15) is 0 Å². The van der Waals surface area contributed by atoms with Crippen molar-refractivity contribution in [1.82, 2.24) is 0 Å². The molecule has 0 aliphatic rings. The summed E-state index contributed by atoms with van der Waals surface area (Å²) in [6.07, 6.45) is 0.829. The van der Waals surface area contributed by atoms with E-state index in [0.29, 0.717) is 23.0 Å². The van der Waals surface area contributed by atoms with Crippen molar-refractivity contribution < 1.29 is 18.6 Å². The predicted octanol–water partition coefficient (Wildman–Crippen LogP) is 2.92. The molecule has 114 valence electrons. The largest absolute Gasteiger partial charge is 0.493 e. The van der Waals surface area contributed by atoms with Crippen LogP contribution in [0.1, 0.15) is 30.0 Å². The molecule has 1 heterocycles. The van der Waals surface area contributed by atoms with E-state index in [4.69, 9.17) is 24.4 Å². The summed E-state index contributed by atoms with van der Waals surface area (Å²) in [6.45, 7) is 2.03. The second-order valence-electron chi connectivity index (χ2n) is 4.56. The van der Waals surface area contributed by atoms with Gasteiger partial charge in [0.05, 0.1) is 27.4 Å². The first-order valence-electron chi connectivity index (χ1n) is 6.79. The van der Waals surface area contributed by atoms with E-state index in [1.54, 1.807) is 27.4 Å². The highest BCUT2D eigenvalue weighted by molar-refractivity contribution is 5.57. The summed E-state index contributed by atoms with van der Waals surface area (Å²) in [5.41, 5.74) is 7.09. The molecule has 1 atom stereocenters. The average molecular weight is 291 g/mol. The maximum atomic E-state index is 6.31. The van der Waals surface area contributed by atoms with Crippen LogP contribution in [0.5, 0.6) is 17.2 Å². The normalized spacial score (nSPS) is 12.0. The second-order valence-corrected chi connectivity index (χ2v) is 4.56. The molecule has 0 radical (unpaired) electrons. The lowest BCUT2D eigenvalue weighted by atomic mass is 10.0. The molecule has 0 aliphatic carbocycles. The van der Waals surface area contributed by atoms with E-state index in [0.717, 1.165) is 17.7 Å². The van der Waals surface area contributed by atoms with Crippen molar-refractivity contribution in [3.63, 3.8) is 0 Å². The first-order valence-corrected chi connectivity index (χ1v) is 6.79. The van der Waals surface area contributed by atoms with Crippen molar-refractivity contribution >= 4 is 0 Å². The number of ether oxygens (including phenoxy) is 3. The first-order chi connectivity index (χ1) is 10.2. The summed E-state index contributed by atoms with van der Waals surface area (Å²) < 4.78 is 21.8. The Kier molecular flexibility index (Phi) is 4.75. The Balaban J connectivity index is 2.47. The van der Waals surface area contributed by atoms with Gasteiger partial charge in [-0.1, -0.05) is 6.92 Å². The van der Waals surface area contributed by atoms with Gasteiger partial charge in [0.2, 0.25) is 5.75 Å². The lowest BCUT2D eigenvalue weighted by Crippen LogP contribution is -2.13. The quantitative estimate of drug-likeness (QED) is 0.886. The van der Waals surface area contributed by atoms with Gasteiger partial charge in [0.25, 0.3) is 0 Å². The molecule has 0 saturated carbocycles. The molecule has 21 heavy (non-hydrogen) atoms. The van der Waals surface area contributed by atoms with Crippen LogP contribution >= 0.6 is 0 Å². The van der Waals surface area contributed by atoms with Crippen molar-refractivity contribution in [3.05, 3.63) is 41.3 Å². The summed E-state index contributed by atoms with van der Waals surface area (Å²) in [7, 11) is 4.72. The Labute approximate surface area is 124 Å². The third-order valence-electron chi connectivity index (χ3n) is 3.41. The van der Waals surface area contributed by atoms with Gasteiger partial charge in [0, 0.05) is 12.0 Å². The maximum Gasteiger partial charge on any atom is 0.203 e. The monoisotopic (exact) mass is 291 g/mol. The Morgan fingerprint density at radius 1 is 1.00 bits per heavy atom. The molecule has 0 aliphatic heterocycles. The van der Waals surface area contributed by atoms with Crippen LogP contribution in [0.2, 0.25) is 0 Å². The fourth-order valence-corrected chi connectivity index (χ4v) is 2.27.